The van der Waals surface area contributed by atoms with Gasteiger partial charge in [-0.1, -0.05) is 11.8 Å². The molecule has 0 N–H and O–H groups in total. The van der Waals surface area contributed by atoms with Crippen molar-refractivity contribution in [1.29, 1.82) is 0 Å². The number of halogens is 1. The lowest BCUT2D eigenvalue weighted by atomic mass is 10.1. The van der Waals surface area contributed by atoms with Gasteiger partial charge in [0.05, 0.1) is 0 Å². The Hall–Kier alpha value is -3.00. The zero-order valence-electron chi connectivity index (χ0n) is 13.6. The highest BCUT2D eigenvalue weighted by Gasteiger charge is 2.13. The van der Waals surface area contributed by atoms with Crippen molar-refractivity contribution < 1.29 is 23.1 Å². The number of nitrogens with zero attached hydrogens (tertiary/aromatic N) is 2. The predicted octanol–water partition coefficient (Wildman–Crippen LogP) is 3.78. The van der Waals surface area contributed by atoms with Gasteiger partial charge in [-0.05, 0) is 55.5 Å². The molecule has 0 aliphatic carbocycles. The monoisotopic (exact) mass is 372 g/mol. The first-order chi connectivity index (χ1) is 12.5. The van der Waals surface area contributed by atoms with Gasteiger partial charge in [-0.15, -0.1) is 10.2 Å². The molecule has 3 rings (SSSR count). The molecule has 3 aromatic rings. The molecule has 0 aliphatic heterocycles. The minimum atomic E-state index is -0.493. The largest absolute Gasteiger partial charge is 0.426 e. The number of hydrogen-bond acceptors (Lipinski definition) is 7. The first kappa shape index (κ1) is 17.8. The average molecular weight is 372 g/mol. The summed E-state index contributed by atoms with van der Waals surface area (Å²) in [5.74, 6) is -0.362. The summed E-state index contributed by atoms with van der Waals surface area (Å²) in [4.78, 5) is 23.1. The van der Waals surface area contributed by atoms with Crippen molar-refractivity contribution in [3.05, 3.63) is 59.9 Å². The van der Waals surface area contributed by atoms with E-state index < -0.39 is 5.97 Å². The maximum atomic E-state index is 12.9. The van der Waals surface area contributed by atoms with Gasteiger partial charge in [0, 0.05) is 11.1 Å². The topological polar surface area (TPSA) is 82.3 Å². The highest BCUT2D eigenvalue weighted by molar-refractivity contribution is 7.99. The van der Waals surface area contributed by atoms with Gasteiger partial charge in [-0.25, -0.2) is 4.39 Å². The fourth-order valence-corrected chi connectivity index (χ4v) is 2.55. The van der Waals surface area contributed by atoms with Crippen molar-refractivity contribution in [3.63, 3.8) is 0 Å². The Balaban J connectivity index is 1.54. The fraction of sp³-hybridized carbons (Fsp3) is 0.111. The third-order valence-electron chi connectivity index (χ3n) is 3.30. The molecule has 0 fully saturated rings. The van der Waals surface area contributed by atoms with Crippen LogP contribution in [0.5, 0.6) is 5.75 Å². The van der Waals surface area contributed by atoms with Crippen LogP contribution in [-0.4, -0.2) is 27.7 Å². The Kier molecular flexibility index (Phi) is 5.43. The van der Waals surface area contributed by atoms with Crippen LogP contribution < -0.4 is 4.74 Å². The van der Waals surface area contributed by atoms with Gasteiger partial charge in [-0.3, -0.25) is 9.59 Å². The molecule has 0 radical (unpaired) electrons. The predicted molar refractivity (Wildman–Crippen MR) is 92.5 cm³/mol. The van der Waals surface area contributed by atoms with Gasteiger partial charge in [-0.2, -0.15) is 0 Å². The summed E-state index contributed by atoms with van der Waals surface area (Å²) in [5, 5.41) is 7.89. The van der Waals surface area contributed by atoms with Gasteiger partial charge >= 0.3 is 5.97 Å². The quantitative estimate of drug-likeness (QED) is 0.282. The van der Waals surface area contributed by atoms with E-state index in [-0.39, 0.29) is 28.5 Å². The second-order valence-electron chi connectivity index (χ2n) is 5.22. The smallest absolute Gasteiger partial charge is 0.321 e. The van der Waals surface area contributed by atoms with E-state index in [1.807, 2.05) is 0 Å². The van der Waals surface area contributed by atoms with Crippen molar-refractivity contribution >= 4 is 23.5 Å². The second-order valence-corrected chi connectivity index (χ2v) is 6.15. The fourth-order valence-electron chi connectivity index (χ4n) is 2.02. The number of rotatable bonds is 6. The van der Waals surface area contributed by atoms with Crippen LogP contribution in [0.1, 0.15) is 17.3 Å². The van der Waals surface area contributed by atoms with Crippen LogP contribution in [0.3, 0.4) is 0 Å². The Bertz CT molecular complexity index is 923. The summed E-state index contributed by atoms with van der Waals surface area (Å²) >= 11 is 1.03. The Morgan fingerprint density at radius 3 is 2.42 bits per heavy atom. The highest BCUT2D eigenvalue weighted by Crippen LogP contribution is 2.23. The molecule has 1 heterocycles. The molecular weight excluding hydrogens is 359 g/mol. The zero-order chi connectivity index (χ0) is 18.5. The molecule has 0 saturated heterocycles. The van der Waals surface area contributed by atoms with E-state index in [1.54, 1.807) is 24.3 Å². The van der Waals surface area contributed by atoms with E-state index in [4.69, 9.17) is 9.15 Å². The summed E-state index contributed by atoms with van der Waals surface area (Å²) in [7, 11) is 0. The summed E-state index contributed by atoms with van der Waals surface area (Å²) in [6.45, 7) is 1.46. The second kappa shape index (κ2) is 7.92. The molecule has 0 amide bonds. The number of aromatic nitrogens is 2. The third-order valence-corrected chi connectivity index (χ3v) is 4.10. The van der Waals surface area contributed by atoms with Gasteiger partial charge in [0.25, 0.3) is 5.22 Å². The lowest BCUT2D eigenvalue weighted by Gasteiger charge is -2.03. The molecule has 6 nitrogen and oxygen atoms in total. The summed E-state index contributed by atoms with van der Waals surface area (Å²) in [6.07, 6.45) is 0. The zero-order valence-corrected chi connectivity index (χ0v) is 14.5. The molecule has 8 heteroatoms. The Morgan fingerprint density at radius 1 is 1.08 bits per heavy atom. The number of hydrogen-bond donors (Lipinski definition) is 0. The number of carbonyl (C=O) groups is 2. The van der Waals surface area contributed by atoms with E-state index in [0.29, 0.717) is 16.9 Å². The van der Waals surface area contributed by atoms with Crippen LogP contribution in [-0.2, 0) is 4.79 Å². The molecule has 0 saturated carbocycles. The van der Waals surface area contributed by atoms with Crippen LogP contribution >= 0.6 is 11.8 Å². The Morgan fingerprint density at radius 2 is 1.77 bits per heavy atom. The van der Waals surface area contributed by atoms with Crippen molar-refractivity contribution in [1.82, 2.24) is 10.2 Å². The minimum absolute atomic E-state index is 0.0283. The maximum Gasteiger partial charge on any atom is 0.321 e. The van der Waals surface area contributed by atoms with Crippen molar-refractivity contribution in [2.75, 3.05) is 5.75 Å². The maximum absolute atomic E-state index is 12.9. The van der Waals surface area contributed by atoms with Crippen LogP contribution in [0.2, 0.25) is 0 Å². The summed E-state index contributed by atoms with van der Waals surface area (Å²) < 4.78 is 23.5. The van der Waals surface area contributed by atoms with E-state index >= 15 is 0 Å². The van der Waals surface area contributed by atoms with Crippen molar-refractivity contribution in [3.8, 4) is 17.2 Å². The molecule has 0 unspecified atom stereocenters. The van der Waals surface area contributed by atoms with Crippen LogP contribution in [0.15, 0.2) is 58.2 Å². The molecule has 2 aromatic carbocycles. The number of benzene rings is 2. The van der Waals surface area contributed by atoms with Crippen molar-refractivity contribution in [2.24, 2.45) is 0 Å². The normalized spacial score (nSPS) is 10.5. The summed E-state index contributed by atoms with van der Waals surface area (Å²) in [5.41, 5.74) is 1.12. The lowest BCUT2D eigenvalue weighted by Crippen LogP contribution is -2.10. The molecule has 132 valence electrons. The van der Waals surface area contributed by atoms with Crippen LogP contribution in [0.25, 0.3) is 11.5 Å². The molecule has 26 heavy (non-hydrogen) atoms. The van der Waals surface area contributed by atoms with Crippen LogP contribution in [0.4, 0.5) is 4.39 Å². The summed E-state index contributed by atoms with van der Waals surface area (Å²) in [6, 6.07) is 11.9. The molecule has 1 aromatic heterocycles. The minimum Gasteiger partial charge on any atom is -0.426 e. The molecule has 0 atom stereocenters. The number of esters is 1. The molecule has 0 spiro atoms. The highest BCUT2D eigenvalue weighted by atomic mass is 32.2. The number of thioether (sulfide) groups is 1. The third kappa shape index (κ3) is 4.54. The molecule has 0 aliphatic rings. The lowest BCUT2D eigenvalue weighted by molar-refractivity contribution is -0.131. The number of ether oxygens (including phenoxy) is 1. The molecular formula is C18H13FN2O4S. The standard InChI is InChI=1S/C18H13FN2O4S/c1-11(22)12-4-8-15(9-5-12)24-16(23)10-26-18-21-20-17(25-18)13-2-6-14(19)7-3-13/h2-9H,10H2,1H3. The van der Waals surface area contributed by atoms with Crippen molar-refractivity contribution in [2.45, 2.75) is 12.1 Å². The van der Waals surface area contributed by atoms with Gasteiger partial charge in [0.1, 0.15) is 17.3 Å². The SMILES string of the molecule is CC(=O)c1ccc(OC(=O)CSc2nnc(-c3ccc(F)cc3)o2)cc1. The van der Waals surface area contributed by atoms with Crippen LogP contribution in [0, 0.1) is 5.82 Å². The van der Waals surface area contributed by atoms with Gasteiger partial charge in [0.15, 0.2) is 5.78 Å². The van der Waals surface area contributed by atoms with Gasteiger partial charge in [0.2, 0.25) is 5.89 Å². The first-order valence-electron chi connectivity index (χ1n) is 7.55. The first-order valence-corrected chi connectivity index (χ1v) is 8.54. The van der Waals surface area contributed by atoms with E-state index in [2.05, 4.69) is 10.2 Å². The number of ketones is 1. The number of carbonyl (C=O) groups excluding carboxylic acids is 2. The average Bonchev–Trinajstić information content (AvgIpc) is 3.10. The van der Waals surface area contributed by atoms with E-state index in [1.165, 1.54) is 31.2 Å². The number of Topliss-reactive ketones (excluding diaryl/α,β-unsaturated/α-hetero) is 1. The van der Waals surface area contributed by atoms with E-state index in [9.17, 15) is 14.0 Å². The Labute approximate surface area is 152 Å². The molecule has 0 bridgehead atoms. The van der Waals surface area contributed by atoms with Gasteiger partial charge < -0.3 is 9.15 Å². The van der Waals surface area contributed by atoms with E-state index in [0.717, 1.165) is 11.8 Å².